The molecule has 1 aromatic heterocycles. The first-order valence-electron chi connectivity index (χ1n) is 8.50. The van der Waals surface area contributed by atoms with Gasteiger partial charge in [0.05, 0.1) is 12.8 Å². The molecule has 1 amide bonds. The third-order valence-electron chi connectivity index (χ3n) is 4.12. The topological polar surface area (TPSA) is 101 Å². The van der Waals surface area contributed by atoms with E-state index in [0.29, 0.717) is 20.9 Å². The maximum absolute atomic E-state index is 12.6. The number of alkyl halides is 1. The third kappa shape index (κ3) is 4.90. The molecule has 1 aromatic carbocycles. The number of hydroxylamine groups is 1. The number of nitrogens with zero attached hydrogens (tertiary/aromatic N) is 2. The van der Waals surface area contributed by atoms with Crippen LogP contribution in [-0.4, -0.2) is 35.9 Å². The number of allylic oxidation sites excluding steroid dienone is 1. The molecule has 29 heavy (non-hydrogen) atoms. The minimum absolute atomic E-state index is 0.0131. The molecule has 8 nitrogen and oxygen atoms in total. The van der Waals surface area contributed by atoms with Gasteiger partial charge in [-0.1, -0.05) is 11.6 Å². The number of nitrogens with one attached hydrogen (secondary N) is 1. The largest absolute Gasteiger partial charge is 0.624 e. The fraction of sp³-hybridized carbons (Fsp3) is 0.211. The van der Waals surface area contributed by atoms with Crippen molar-refractivity contribution in [1.82, 2.24) is 5.32 Å². The summed E-state index contributed by atoms with van der Waals surface area (Å²) >= 11 is 12.1. The SMILES string of the molecule is COc1ccc(C(=O)NC2=C(Cl)C=[N+]([O-])CC2Cl)cc1OCc1cccc[n+]1[O-]. The molecule has 152 valence electrons. The van der Waals surface area contributed by atoms with E-state index in [2.05, 4.69) is 5.32 Å². The van der Waals surface area contributed by atoms with Crippen LogP contribution in [0.1, 0.15) is 16.1 Å². The number of carbonyl (C=O) groups is 1. The van der Waals surface area contributed by atoms with E-state index in [-0.39, 0.29) is 35.2 Å². The molecule has 1 atom stereocenters. The van der Waals surface area contributed by atoms with E-state index in [4.69, 9.17) is 32.7 Å². The Morgan fingerprint density at radius 3 is 2.76 bits per heavy atom. The van der Waals surface area contributed by atoms with Gasteiger partial charge in [0, 0.05) is 17.7 Å². The Bertz CT molecular complexity index is 994. The number of amides is 1. The van der Waals surface area contributed by atoms with Crippen molar-refractivity contribution in [2.75, 3.05) is 13.7 Å². The molecule has 0 spiro atoms. The number of pyridine rings is 1. The fourth-order valence-electron chi connectivity index (χ4n) is 2.64. The van der Waals surface area contributed by atoms with Gasteiger partial charge < -0.3 is 25.2 Å². The molecular formula is C19H17Cl2N3O5. The Morgan fingerprint density at radius 1 is 1.28 bits per heavy atom. The van der Waals surface area contributed by atoms with Crippen molar-refractivity contribution in [2.24, 2.45) is 0 Å². The summed E-state index contributed by atoms with van der Waals surface area (Å²) < 4.78 is 12.2. The summed E-state index contributed by atoms with van der Waals surface area (Å²) in [5, 5.41) is 25.1. The predicted octanol–water partition coefficient (Wildman–Crippen LogP) is 2.29. The maximum atomic E-state index is 12.6. The average Bonchev–Trinajstić information content (AvgIpc) is 2.69. The zero-order valence-electron chi connectivity index (χ0n) is 15.3. The lowest BCUT2D eigenvalue weighted by molar-refractivity contribution is -0.616. The first-order valence-corrected chi connectivity index (χ1v) is 9.32. The molecule has 2 heterocycles. The smallest absolute Gasteiger partial charge is 0.255 e. The number of rotatable bonds is 6. The van der Waals surface area contributed by atoms with E-state index in [1.807, 2.05) is 0 Å². The van der Waals surface area contributed by atoms with Crippen molar-refractivity contribution < 1.29 is 23.7 Å². The van der Waals surface area contributed by atoms with Crippen molar-refractivity contribution in [3.63, 3.8) is 0 Å². The van der Waals surface area contributed by atoms with Gasteiger partial charge in [-0.3, -0.25) is 4.79 Å². The predicted molar refractivity (Wildman–Crippen MR) is 107 cm³/mol. The standard InChI is InChI=1S/C19H17Cl2N3O5/c1-28-16-6-5-12(8-17(16)29-11-13-4-2-3-7-24(13)27)19(25)22-18-14(20)9-23(26)10-15(18)21/h2-9,15H,10-11H2,1H3,(H,22,25). The van der Waals surface area contributed by atoms with Crippen molar-refractivity contribution in [2.45, 2.75) is 12.0 Å². The summed E-state index contributed by atoms with van der Waals surface area (Å²) in [5.74, 6) is 0.200. The second kappa shape index (κ2) is 9.02. The zero-order chi connectivity index (χ0) is 21.0. The number of carbonyl (C=O) groups excluding carboxylic acids is 1. The zero-order valence-corrected chi connectivity index (χ0v) is 16.8. The van der Waals surface area contributed by atoms with Gasteiger partial charge in [0.15, 0.2) is 37.1 Å². The summed E-state index contributed by atoms with van der Waals surface area (Å²) in [4.78, 5) is 12.6. The summed E-state index contributed by atoms with van der Waals surface area (Å²) in [7, 11) is 1.47. The van der Waals surface area contributed by atoms with Gasteiger partial charge in [-0.25, -0.2) is 4.74 Å². The molecule has 2 aromatic rings. The quantitative estimate of drug-likeness (QED) is 0.424. The molecule has 1 aliphatic heterocycles. The molecule has 1 aliphatic rings. The summed E-state index contributed by atoms with van der Waals surface area (Å²) in [6.07, 6.45) is 2.51. The van der Waals surface area contributed by atoms with Crippen LogP contribution in [0, 0.1) is 10.4 Å². The first kappa shape index (κ1) is 20.8. The highest BCUT2D eigenvalue weighted by Crippen LogP contribution is 2.29. The van der Waals surface area contributed by atoms with Gasteiger partial charge in [-0.2, -0.15) is 4.73 Å². The van der Waals surface area contributed by atoms with Gasteiger partial charge in [0.1, 0.15) is 10.4 Å². The normalized spacial score (nSPS) is 16.2. The van der Waals surface area contributed by atoms with Gasteiger partial charge in [0.2, 0.25) is 5.69 Å². The van der Waals surface area contributed by atoms with Crippen molar-refractivity contribution in [1.29, 1.82) is 0 Å². The molecule has 0 radical (unpaired) electrons. The molecule has 1 N–H and O–H groups in total. The number of benzene rings is 1. The van der Waals surface area contributed by atoms with E-state index in [1.165, 1.54) is 19.4 Å². The number of ether oxygens (including phenoxy) is 2. The van der Waals surface area contributed by atoms with Gasteiger partial charge in [0.25, 0.3) is 5.91 Å². The Balaban J connectivity index is 1.80. The van der Waals surface area contributed by atoms with E-state index in [0.717, 1.165) is 6.21 Å². The Labute approximate surface area is 176 Å². The Hall–Kier alpha value is -2.97. The number of halogens is 2. The lowest BCUT2D eigenvalue weighted by atomic mass is 10.1. The van der Waals surface area contributed by atoms with Crippen LogP contribution in [0.25, 0.3) is 0 Å². The van der Waals surface area contributed by atoms with Crippen LogP contribution < -0.4 is 19.5 Å². The van der Waals surface area contributed by atoms with Gasteiger partial charge in [-0.15, -0.1) is 11.6 Å². The molecule has 0 saturated heterocycles. The third-order valence-corrected chi connectivity index (χ3v) is 4.78. The molecule has 0 saturated carbocycles. The minimum Gasteiger partial charge on any atom is -0.624 e. The highest BCUT2D eigenvalue weighted by atomic mass is 35.5. The lowest BCUT2D eigenvalue weighted by Gasteiger charge is -2.20. The van der Waals surface area contributed by atoms with Crippen LogP contribution in [0.5, 0.6) is 11.5 Å². The van der Waals surface area contributed by atoms with Crippen molar-refractivity contribution in [3.8, 4) is 11.5 Å². The van der Waals surface area contributed by atoms with E-state index < -0.39 is 11.3 Å². The van der Waals surface area contributed by atoms with Crippen LogP contribution in [-0.2, 0) is 6.61 Å². The number of hydrogen-bond acceptors (Lipinski definition) is 5. The number of methoxy groups -OCH3 is 1. The average molecular weight is 438 g/mol. The summed E-state index contributed by atoms with van der Waals surface area (Å²) in [6, 6.07) is 9.56. The monoisotopic (exact) mass is 437 g/mol. The number of aromatic nitrogens is 1. The Kier molecular flexibility index (Phi) is 6.46. The maximum Gasteiger partial charge on any atom is 0.255 e. The molecule has 1 unspecified atom stereocenters. The molecule has 3 rings (SSSR count). The molecule has 0 fully saturated rings. The van der Waals surface area contributed by atoms with Gasteiger partial charge in [-0.05, 0) is 24.3 Å². The van der Waals surface area contributed by atoms with Crippen LogP contribution in [0.3, 0.4) is 0 Å². The van der Waals surface area contributed by atoms with Crippen molar-refractivity contribution in [3.05, 3.63) is 75.0 Å². The second-order valence-corrected chi connectivity index (χ2v) is 7.02. The molecule has 0 aliphatic carbocycles. The molecule has 10 heteroatoms. The lowest BCUT2D eigenvalue weighted by Crippen LogP contribution is -2.35. The number of hydrogen-bond donors (Lipinski definition) is 1. The minimum atomic E-state index is -0.756. The highest BCUT2D eigenvalue weighted by molar-refractivity contribution is 6.40. The van der Waals surface area contributed by atoms with Crippen LogP contribution in [0.2, 0.25) is 0 Å². The summed E-state index contributed by atoms with van der Waals surface area (Å²) in [5.41, 5.74) is 0.904. The second-order valence-electron chi connectivity index (χ2n) is 6.08. The van der Waals surface area contributed by atoms with Crippen LogP contribution in [0.15, 0.2) is 53.3 Å². The van der Waals surface area contributed by atoms with Crippen molar-refractivity contribution >= 4 is 35.3 Å². The van der Waals surface area contributed by atoms with Gasteiger partial charge >= 0.3 is 0 Å². The van der Waals surface area contributed by atoms with E-state index in [1.54, 1.807) is 30.3 Å². The van der Waals surface area contributed by atoms with E-state index in [9.17, 15) is 15.2 Å². The Morgan fingerprint density at radius 2 is 2.07 bits per heavy atom. The van der Waals surface area contributed by atoms with Crippen LogP contribution in [0.4, 0.5) is 0 Å². The fourth-order valence-corrected chi connectivity index (χ4v) is 3.29. The van der Waals surface area contributed by atoms with E-state index >= 15 is 0 Å². The summed E-state index contributed by atoms with van der Waals surface area (Å²) in [6.45, 7) is -0.0442. The first-order chi connectivity index (χ1) is 13.9. The molecule has 0 bridgehead atoms. The van der Waals surface area contributed by atoms with Crippen LogP contribution >= 0.6 is 23.2 Å². The molecular weight excluding hydrogens is 421 g/mol. The highest BCUT2D eigenvalue weighted by Gasteiger charge is 2.26.